The van der Waals surface area contributed by atoms with E-state index in [0.717, 1.165) is 28.4 Å². The summed E-state index contributed by atoms with van der Waals surface area (Å²) >= 11 is 6.27. The van der Waals surface area contributed by atoms with Crippen molar-refractivity contribution in [1.29, 1.82) is 0 Å². The van der Waals surface area contributed by atoms with Crippen molar-refractivity contribution in [2.24, 2.45) is 0 Å². The molecule has 0 fully saturated rings. The second-order valence-electron chi connectivity index (χ2n) is 4.44. The van der Waals surface area contributed by atoms with E-state index < -0.39 is 0 Å². The van der Waals surface area contributed by atoms with Crippen molar-refractivity contribution < 1.29 is 4.74 Å². The van der Waals surface area contributed by atoms with Gasteiger partial charge >= 0.3 is 0 Å². The topological polar surface area (TPSA) is 39.9 Å². The van der Waals surface area contributed by atoms with Gasteiger partial charge < -0.3 is 4.74 Å². The normalized spacial score (nSPS) is 12.6. The van der Waals surface area contributed by atoms with Crippen LogP contribution < -0.4 is 4.74 Å². The molecule has 0 amide bonds. The van der Waals surface area contributed by atoms with E-state index in [1.54, 1.807) is 13.3 Å². The van der Waals surface area contributed by atoms with Crippen molar-refractivity contribution in [3.05, 3.63) is 48.4 Å². The number of rotatable bonds is 3. The molecule has 0 N–H and O–H groups in total. The molecule has 1 aromatic carbocycles. The maximum absolute atomic E-state index is 6.27. The van der Waals surface area contributed by atoms with E-state index in [1.807, 2.05) is 47.9 Å². The molecule has 0 aliphatic rings. The van der Waals surface area contributed by atoms with Crippen LogP contribution in [0.3, 0.4) is 0 Å². The van der Waals surface area contributed by atoms with Crippen LogP contribution in [0.15, 0.2) is 42.6 Å². The van der Waals surface area contributed by atoms with Crippen LogP contribution in [0.5, 0.6) is 5.75 Å². The number of fused-ring (bicyclic) bond motifs is 1. The number of nitrogens with zero attached hydrogens (tertiary/aromatic N) is 3. The van der Waals surface area contributed by atoms with Gasteiger partial charge in [0.2, 0.25) is 0 Å². The number of ether oxygens (including phenoxy) is 1. The van der Waals surface area contributed by atoms with Gasteiger partial charge in [-0.1, -0.05) is 12.1 Å². The molecule has 0 bridgehead atoms. The monoisotopic (exact) mass is 287 g/mol. The highest BCUT2D eigenvalue weighted by atomic mass is 35.5. The zero-order valence-corrected chi connectivity index (χ0v) is 12.0. The number of hydrogen-bond donors (Lipinski definition) is 0. The van der Waals surface area contributed by atoms with Crippen molar-refractivity contribution in [1.82, 2.24) is 14.5 Å². The molecule has 2 aromatic heterocycles. The Balaban J connectivity index is 2.36. The molecule has 4 nitrogen and oxygen atoms in total. The van der Waals surface area contributed by atoms with Crippen molar-refractivity contribution in [3.63, 3.8) is 0 Å². The summed E-state index contributed by atoms with van der Waals surface area (Å²) in [4.78, 5) is 9.00. The van der Waals surface area contributed by atoms with E-state index in [4.69, 9.17) is 16.3 Å². The fraction of sp³-hybridized carbons (Fsp3) is 0.200. The summed E-state index contributed by atoms with van der Waals surface area (Å²) < 4.78 is 7.38. The Bertz CT molecular complexity index is 752. The number of aromatic nitrogens is 3. The van der Waals surface area contributed by atoms with Crippen LogP contribution in [-0.4, -0.2) is 21.6 Å². The smallest absolute Gasteiger partial charge is 0.164 e. The zero-order chi connectivity index (χ0) is 14.1. The summed E-state index contributed by atoms with van der Waals surface area (Å²) in [6, 6.07) is 11.6. The average Bonchev–Trinajstić information content (AvgIpc) is 2.86. The number of pyridine rings is 1. The molecule has 0 spiro atoms. The highest BCUT2D eigenvalue weighted by Crippen LogP contribution is 2.31. The van der Waals surface area contributed by atoms with Crippen molar-refractivity contribution in [2.45, 2.75) is 12.3 Å². The molecule has 0 radical (unpaired) electrons. The zero-order valence-electron chi connectivity index (χ0n) is 11.2. The lowest BCUT2D eigenvalue weighted by Gasteiger charge is -2.13. The molecule has 3 aromatic rings. The molecule has 0 saturated carbocycles. The Labute approximate surface area is 122 Å². The lowest BCUT2D eigenvalue weighted by molar-refractivity contribution is 0.412. The standard InChI is InChI=1S/C15H14ClN3O/c1-10(16)14-18-11-6-5-9-17-15(11)19(14)12-7-3-4-8-13(12)20-2/h3-10H,1-2H3. The van der Waals surface area contributed by atoms with Gasteiger partial charge in [-0.05, 0) is 31.2 Å². The maximum Gasteiger partial charge on any atom is 0.164 e. The minimum Gasteiger partial charge on any atom is -0.495 e. The number of halogens is 1. The van der Waals surface area contributed by atoms with Crippen LogP contribution in [0.2, 0.25) is 0 Å². The average molecular weight is 288 g/mol. The van der Waals surface area contributed by atoms with Crippen molar-refractivity contribution in [2.75, 3.05) is 7.11 Å². The maximum atomic E-state index is 6.27. The number of hydrogen-bond acceptors (Lipinski definition) is 3. The van der Waals surface area contributed by atoms with E-state index in [2.05, 4.69) is 9.97 Å². The third-order valence-corrected chi connectivity index (χ3v) is 3.32. The predicted molar refractivity (Wildman–Crippen MR) is 79.7 cm³/mol. The van der Waals surface area contributed by atoms with Gasteiger partial charge in [-0.15, -0.1) is 11.6 Å². The molecule has 1 atom stereocenters. The van der Waals surface area contributed by atoms with E-state index >= 15 is 0 Å². The molecule has 1 unspecified atom stereocenters. The first-order valence-corrected chi connectivity index (χ1v) is 6.77. The minimum absolute atomic E-state index is 0.228. The lowest BCUT2D eigenvalue weighted by Crippen LogP contribution is -2.04. The quantitative estimate of drug-likeness (QED) is 0.689. The van der Waals surface area contributed by atoms with Gasteiger partial charge in [-0.2, -0.15) is 0 Å². The Hall–Kier alpha value is -2.07. The molecular weight excluding hydrogens is 274 g/mol. The Morgan fingerprint density at radius 1 is 1.20 bits per heavy atom. The Morgan fingerprint density at radius 3 is 2.75 bits per heavy atom. The number of alkyl halides is 1. The third kappa shape index (κ3) is 2.02. The summed E-state index contributed by atoms with van der Waals surface area (Å²) in [5.41, 5.74) is 2.49. The molecule has 102 valence electrons. The van der Waals surface area contributed by atoms with Gasteiger partial charge in [0.1, 0.15) is 17.1 Å². The van der Waals surface area contributed by atoms with Crippen LogP contribution >= 0.6 is 11.6 Å². The second-order valence-corrected chi connectivity index (χ2v) is 5.09. The van der Waals surface area contributed by atoms with Crippen LogP contribution in [0.25, 0.3) is 16.9 Å². The fourth-order valence-electron chi connectivity index (χ4n) is 2.25. The second kappa shape index (κ2) is 5.13. The molecule has 0 aliphatic heterocycles. The highest BCUT2D eigenvalue weighted by molar-refractivity contribution is 6.20. The van der Waals surface area contributed by atoms with Gasteiger partial charge in [0.25, 0.3) is 0 Å². The number of methoxy groups -OCH3 is 1. The molecule has 0 saturated heterocycles. The predicted octanol–water partition coefficient (Wildman–Crippen LogP) is 3.73. The van der Waals surface area contributed by atoms with E-state index in [0.29, 0.717) is 0 Å². The van der Waals surface area contributed by atoms with E-state index in [-0.39, 0.29) is 5.38 Å². The molecular formula is C15H14ClN3O. The number of benzene rings is 1. The van der Waals surface area contributed by atoms with Gasteiger partial charge in [0, 0.05) is 6.20 Å². The molecule has 0 aliphatic carbocycles. The van der Waals surface area contributed by atoms with Crippen LogP contribution in [0, 0.1) is 0 Å². The number of imidazole rings is 1. The molecule has 20 heavy (non-hydrogen) atoms. The highest BCUT2D eigenvalue weighted by Gasteiger charge is 2.19. The summed E-state index contributed by atoms with van der Waals surface area (Å²) in [5.74, 6) is 1.51. The van der Waals surface area contributed by atoms with Crippen LogP contribution in [-0.2, 0) is 0 Å². The van der Waals surface area contributed by atoms with E-state index in [1.165, 1.54) is 0 Å². The van der Waals surface area contributed by atoms with Gasteiger partial charge in [0.15, 0.2) is 5.65 Å². The van der Waals surface area contributed by atoms with Gasteiger partial charge in [0.05, 0.1) is 18.2 Å². The minimum atomic E-state index is -0.228. The Kier molecular flexibility index (Phi) is 3.32. The summed E-state index contributed by atoms with van der Waals surface area (Å²) in [5, 5.41) is -0.228. The summed E-state index contributed by atoms with van der Waals surface area (Å²) in [6.07, 6.45) is 1.75. The van der Waals surface area contributed by atoms with Crippen LogP contribution in [0.4, 0.5) is 0 Å². The van der Waals surface area contributed by atoms with E-state index in [9.17, 15) is 0 Å². The molecule has 3 rings (SSSR count). The fourth-order valence-corrected chi connectivity index (χ4v) is 2.40. The third-order valence-electron chi connectivity index (χ3n) is 3.12. The number of para-hydroxylation sites is 2. The first kappa shape index (κ1) is 12.9. The SMILES string of the molecule is COc1ccccc1-n1c(C(C)Cl)nc2cccnc21. The summed E-state index contributed by atoms with van der Waals surface area (Å²) in [6.45, 7) is 1.90. The largest absolute Gasteiger partial charge is 0.495 e. The lowest BCUT2D eigenvalue weighted by atomic mass is 10.2. The van der Waals surface area contributed by atoms with Crippen molar-refractivity contribution >= 4 is 22.8 Å². The first-order valence-electron chi connectivity index (χ1n) is 6.33. The molecule has 5 heteroatoms. The van der Waals surface area contributed by atoms with Gasteiger partial charge in [-0.3, -0.25) is 4.57 Å². The molecule has 2 heterocycles. The Morgan fingerprint density at radius 2 is 2.00 bits per heavy atom. The van der Waals surface area contributed by atoms with Gasteiger partial charge in [-0.25, -0.2) is 9.97 Å². The van der Waals surface area contributed by atoms with Crippen LogP contribution in [0.1, 0.15) is 18.1 Å². The van der Waals surface area contributed by atoms with Crippen molar-refractivity contribution in [3.8, 4) is 11.4 Å². The first-order chi connectivity index (χ1) is 9.72. The summed E-state index contributed by atoms with van der Waals surface area (Å²) in [7, 11) is 1.65.